The van der Waals surface area contributed by atoms with Crippen LogP contribution in [0.1, 0.15) is 73.8 Å². The number of phenols is 1. The first kappa shape index (κ1) is 42.5. The van der Waals surface area contributed by atoms with Crippen LogP contribution in [0, 0.1) is 0 Å². The third-order valence-corrected chi connectivity index (χ3v) is 13.0. The first-order valence-electron chi connectivity index (χ1n) is 21.2. The highest BCUT2D eigenvalue weighted by atomic mass is 16.6. The number of anilines is 1. The second kappa shape index (κ2) is 16.6. The van der Waals surface area contributed by atoms with Crippen LogP contribution >= 0.6 is 0 Å². The predicted octanol–water partition coefficient (Wildman–Crippen LogP) is 3.17. The normalized spacial score (nSPS) is 19.3. The summed E-state index contributed by atoms with van der Waals surface area (Å²) in [6.07, 6.45) is 4.75. The maximum atomic E-state index is 13.7. The number of quaternary nitrogens is 1. The molecule has 16 heteroatoms. The number of amides is 4. The molecule has 6 heterocycles. The lowest BCUT2D eigenvalue weighted by Gasteiger charge is -2.43. The van der Waals surface area contributed by atoms with Gasteiger partial charge >= 0.3 is 5.97 Å². The highest BCUT2D eigenvalue weighted by Crippen LogP contribution is 2.40. The molecule has 2 atom stereocenters. The molecule has 0 saturated carbocycles. The molecule has 0 aliphatic carbocycles. The number of aromatic nitrogens is 2. The molecule has 1 saturated heterocycles. The molecule has 324 valence electrons. The second-order valence-electron chi connectivity index (χ2n) is 17.4. The molecule has 0 unspecified atom stereocenters. The van der Waals surface area contributed by atoms with Gasteiger partial charge < -0.3 is 34.6 Å². The monoisotopic (exact) mass is 846 g/mol. The third kappa shape index (κ3) is 8.00. The minimum atomic E-state index is -1.90. The summed E-state index contributed by atoms with van der Waals surface area (Å²) in [6.45, 7) is 6.49. The summed E-state index contributed by atoms with van der Waals surface area (Å²) in [5.74, 6) is -2.06. The van der Waals surface area contributed by atoms with Crippen LogP contribution in [0.15, 0.2) is 65.5 Å². The van der Waals surface area contributed by atoms with E-state index in [2.05, 4.69) is 29.6 Å². The van der Waals surface area contributed by atoms with E-state index in [1.54, 1.807) is 36.6 Å². The zero-order valence-electron chi connectivity index (χ0n) is 35.4. The van der Waals surface area contributed by atoms with Crippen molar-refractivity contribution in [2.24, 2.45) is 0 Å². The standard InChI is InChI=1S/C46H51N7O9/c1-5-46(61)35-22-37-42-29(23-52(37)44(59)34(35)26-62-45(46)60)21-32-33(38(54)13-12-36(32)49-42)24-50-19-16-31(17-20-50)53(3,4)25-28-8-10-30(11-9-28)48-43(58)27(2)47-39(55)7-6-18-51-40(56)14-15-41(51)57/h8-15,21-22,27,31,61H,5-7,16-20,23-26H2,1-4H3,(H2-,47,48,54,55,58,59)/p+1/t27-,46-/m0/s1. The van der Waals surface area contributed by atoms with E-state index < -0.39 is 29.4 Å². The van der Waals surface area contributed by atoms with Gasteiger partial charge in [-0.2, -0.15) is 0 Å². The Morgan fingerprint density at radius 1 is 1.02 bits per heavy atom. The number of phenolic OH excluding ortho intramolecular Hbond substituents is 1. The predicted molar refractivity (Wildman–Crippen MR) is 228 cm³/mol. The summed E-state index contributed by atoms with van der Waals surface area (Å²) in [4.78, 5) is 83.3. The minimum Gasteiger partial charge on any atom is -0.508 e. The van der Waals surface area contributed by atoms with Crippen LogP contribution in [0.4, 0.5) is 5.69 Å². The summed E-state index contributed by atoms with van der Waals surface area (Å²) in [6, 6.07) is 14.5. The Bertz CT molecular complexity index is 2580. The van der Waals surface area contributed by atoms with Gasteiger partial charge in [0.05, 0.1) is 49.1 Å². The molecular weight excluding hydrogens is 795 g/mol. The number of pyridine rings is 2. The van der Waals surface area contributed by atoms with E-state index in [4.69, 9.17) is 9.72 Å². The molecule has 4 aromatic rings. The Balaban J connectivity index is 0.853. The zero-order valence-corrected chi connectivity index (χ0v) is 35.4. The number of ether oxygens (including phenoxy) is 1. The van der Waals surface area contributed by atoms with Crippen molar-refractivity contribution >= 4 is 46.2 Å². The van der Waals surface area contributed by atoms with Gasteiger partial charge in [-0.3, -0.25) is 33.8 Å². The number of hydrogen-bond donors (Lipinski definition) is 4. The molecule has 2 aromatic heterocycles. The molecule has 0 bridgehead atoms. The Kier molecular flexibility index (Phi) is 11.3. The minimum absolute atomic E-state index is 0.0667. The number of benzene rings is 2. The van der Waals surface area contributed by atoms with Crippen molar-refractivity contribution in [2.45, 2.75) is 89.9 Å². The van der Waals surface area contributed by atoms with Crippen LogP contribution in [-0.4, -0.2) is 109 Å². The number of aromatic hydroxyl groups is 1. The number of hydrogen-bond acceptors (Lipinski definition) is 11. The average molecular weight is 847 g/mol. The van der Waals surface area contributed by atoms with Gasteiger partial charge in [-0.15, -0.1) is 0 Å². The van der Waals surface area contributed by atoms with Crippen molar-refractivity contribution in [1.29, 1.82) is 0 Å². The van der Waals surface area contributed by atoms with E-state index in [1.165, 1.54) is 12.2 Å². The number of cyclic esters (lactones) is 1. The van der Waals surface area contributed by atoms with E-state index >= 15 is 0 Å². The number of carbonyl (C=O) groups excluding carboxylic acids is 5. The SMILES string of the molecule is CC[C@@]1(O)C(=O)OCc2c1cc1n(c2=O)Cc2cc3c(CN4CCC([N+](C)(C)Cc5ccc(NC(=O)[C@H](C)NC(=O)CCCN6C(=O)C=CC6=O)cc5)CC4)c(O)ccc3nc2-1. The van der Waals surface area contributed by atoms with Crippen molar-refractivity contribution < 1.29 is 43.4 Å². The molecule has 0 radical (unpaired) electrons. The third-order valence-electron chi connectivity index (χ3n) is 13.0. The number of esters is 1. The first-order chi connectivity index (χ1) is 29.6. The summed E-state index contributed by atoms with van der Waals surface area (Å²) in [5, 5.41) is 28.7. The van der Waals surface area contributed by atoms with Crippen molar-refractivity contribution in [2.75, 3.05) is 39.0 Å². The number of nitrogens with one attached hydrogen (secondary N) is 2. The number of aliphatic hydroxyl groups is 1. The first-order valence-corrected chi connectivity index (χ1v) is 21.2. The Hall–Kier alpha value is -6.23. The number of imide groups is 1. The van der Waals surface area contributed by atoms with Gasteiger partial charge in [-0.25, -0.2) is 9.78 Å². The number of carbonyl (C=O) groups is 5. The van der Waals surface area contributed by atoms with Gasteiger partial charge in [-0.1, -0.05) is 19.1 Å². The van der Waals surface area contributed by atoms with Crippen LogP contribution in [0.25, 0.3) is 22.3 Å². The van der Waals surface area contributed by atoms with Gasteiger partial charge in [0, 0.05) is 90.9 Å². The summed E-state index contributed by atoms with van der Waals surface area (Å²) in [5.41, 5.74) is 3.50. The lowest BCUT2D eigenvalue weighted by atomic mass is 9.86. The molecule has 4 amide bonds. The zero-order chi connectivity index (χ0) is 44.1. The molecule has 4 aliphatic heterocycles. The Labute approximate surface area is 358 Å². The van der Waals surface area contributed by atoms with Crippen molar-refractivity contribution in [3.8, 4) is 17.1 Å². The molecule has 2 aromatic carbocycles. The largest absolute Gasteiger partial charge is 0.508 e. The Morgan fingerprint density at radius 3 is 2.42 bits per heavy atom. The van der Waals surface area contributed by atoms with Gasteiger partial charge in [0.2, 0.25) is 11.8 Å². The molecular formula is C46H52N7O9+. The van der Waals surface area contributed by atoms with Gasteiger partial charge in [0.25, 0.3) is 17.4 Å². The van der Waals surface area contributed by atoms with Crippen molar-refractivity contribution in [3.63, 3.8) is 0 Å². The molecule has 62 heavy (non-hydrogen) atoms. The van der Waals surface area contributed by atoms with Crippen LogP contribution < -0.4 is 16.2 Å². The molecule has 1 fully saturated rings. The quantitative estimate of drug-likeness (QED) is 0.0771. The summed E-state index contributed by atoms with van der Waals surface area (Å²) < 4.78 is 7.59. The number of nitrogens with zero attached hydrogens (tertiary/aromatic N) is 5. The smallest absolute Gasteiger partial charge is 0.343 e. The highest BCUT2D eigenvalue weighted by Gasteiger charge is 2.45. The van der Waals surface area contributed by atoms with Gasteiger partial charge in [0.15, 0.2) is 5.60 Å². The summed E-state index contributed by atoms with van der Waals surface area (Å²) >= 11 is 0. The molecule has 0 spiro atoms. The number of rotatable bonds is 13. The fourth-order valence-corrected chi connectivity index (χ4v) is 9.24. The average Bonchev–Trinajstić information content (AvgIpc) is 3.77. The fourth-order valence-electron chi connectivity index (χ4n) is 9.24. The topological polar surface area (TPSA) is 200 Å². The lowest BCUT2D eigenvalue weighted by molar-refractivity contribution is -0.929. The van der Waals surface area contributed by atoms with E-state index in [9.17, 15) is 39.0 Å². The van der Waals surface area contributed by atoms with E-state index in [-0.39, 0.29) is 66.8 Å². The second-order valence-corrected chi connectivity index (χ2v) is 17.4. The molecule has 8 rings (SSSR count). The summed E-state index contributed by atoms with van der Waals surface area (Å²) in [7, 11) is 4.46. The fraction of sp³-hybridized carbons (Fsp3) is 0.413. The van der Waals surface area contributed by atoms with E-state index in [0.29, 0.717) is 41.6 Å². The van der Waals surface area contributed by atoms with Crippen molar-refractivity contribution in [3.05, 3.63) is 98.9 Å². The number of fused-ring (bicyclic) bond motifs is 5. The van der Waals surface area contributed by atoms with E-state index in [1.807, 2.05) is 30.3 Å². The van der Waals surface area contributed by atoms with Gasteiger partial charge in [-0.05, 0) is 56.2 Å². The van der Waals surface area contributed by atoms with Crippen LogP contribution in [0.2, 0.25) is 0 Å². The van der Waals surface area contributed by atoms with Crippen molar-refractivity contribution in [1.82, 2.24) is 24.7 Å². The maximum absolute atomic E-state index is 13.7. The van der Waals surface area contributed by atoms with Crippen LogP contribution in [0.5, 0.6) is 5.75 Å². The van der Waals surface area contributed by atoms with Gasteiger partial charge in [0.1, 0.15) is 24.9 Å². The molecule has 4 aliphatic rings. The molecule has 4 N–H and O–H groups in total. The Morgan fingerprint density at radius 2 is 1.73 bits per heavy atom. The maximum Gasteiger partial charge on any atom is 0.343 e. The van der Waals surface area contributed by atoms with E-state index in [0.717, 1.165) is 63.9 Å². The lowest BCUT2D eigenvalue weighted by Crippen LogP contribution is -2.53. The van der Waals surface area contributed by atoms with Crippen LogP contribution in [0.3, 0.4) is 0 Å². The number of piperidine rings is 1. The van der Waals surface area contributed by atoms with Crippen LogP contribution in [-0.2, 0) is 60.6 Å². The highest BCUT2D eigenvalue weighted by molar-refractivity contribution is 6.12. The molecule has 16 nitrogen and oxygen atoms in total. The number of likely N-dealkylation sites (tertiary alicyclic amines) is 1.